The van der Waals surface area contributed by atoms with Crippen molar-refractivity contribution in [3.05, 3.63) is 95.1 Å². The van der Waals surface area contributed by atoms with Crippen LogP contribution in [0.25, 0.3) is 0 Å². The fourth-order valence-corrected chi connectivity index (χ4v) is 5.49. The third-order valence-corrected chi connectivity index (χ3v) is 7.36. The number of aromatic nitrogens is 1. The highest BCUT2D eigenvalue weighted by Crippen LogP contribution is 2.42. The van der Waals surface area contributed by atoms with Crippen LogP contribution in [0.5, 0.6) is 5.75 Å². The molecule has 3 aromatic rings. The standard InChI is InChI=1S/C29H31FN2O3/c1-34-25-12-10-22(11-13-25)29(14-17-35-18-15-29)28(33)32-16-4-9-27(32)26-8-3-7-24(31-26)20-21-5-2-6-23(30)19-21/h2-3,5-8,10-13,19,27H,4,9,14-18,20H2,1H3/t27-/m0/s1. The summed E-state index contributed by atoms with van der Waals surface area (Å²) < 4.78 is 24.6. The van der Waals surface area contributed by atoms with Crippen molar-refractivity contribution in [1.82, 2.24) is 9.88 Å². The Hall–Kier alpha value is -3.25. The van der Waals surface area contributed by atoms with Gasteiger partial charge in [-0.15, -0.1) is 0 Å². The first-order valence-electron chi connectivity index (χ1n) is 12.3. The second-order valence-electron chi connectivity index (χ2n) is 9.44. The molecule has 3 heterocycles. The lowest BCUT2D eigenvalue weighted by molar-refractivity contribution is -0.142. The van der Waals surface area contributed by atoms with Gasteiger partial charge in [0.25, 0.3) is 0 Å². The molecule has 2 aliphatic heterocycles. The summed E-state index contributed by atoms with van der Waals surface area (Å²) >= 11 is 0. The summed E-state index contributed by atoms with van der Waals surface area (Å²) in [5.41, 5.74) is 3.08. The van der Waals surface area contributed by atoms with Gasteiger partial charge < -0.3 is 14.4 Å². The number of halogens is 1. The van der Waals surface area contributed by atoms with Crippen LogP contribution in [0.4, 0.5) is 4.39 Å². The van der Waals surface area contributed by atoms with Crippen molar-refractivity contribution < 1.29 is 18.7 Å². The summed E-state index contributed by atoms with van der Waals surface area (Å²) in [5, 5.41) is 0. The Kier molecular flexibility index (Phi) is 6.82. The van der Waals surface area contributed by atoms with Crippen LogP contribution >= 0.6 is 0 Å². The molecule has 1 amide bonds. The van der Waals surface area contributed by atoms with E-state index >= 15 is 0 Å². The molecule has 0 aliphatic carbocycles. The molecule has 2 aromatic carbocycles. The number of carbonyl (C=O) groups excluding carboxylic acids is 1. The molecule has 5 nitrogen and oxygen atoms in total. The van der Waals surface area contributed by atoms with E-state index in [1.165, 1.54) is 6.07 Å². The lowest BCUT2D eigenvalue weighted by Crippen LogP contribution is -2.49. The van der Waals surface area contributed by atoms with E-state index in [0.717, 1.165) is 47.7 Å². The van der Waals surface area contributed by atoms with E-state index in [1.807, 2.05) is 53.4 Å². The lowest BCUT2D eigenvalue weighted by Gasteiger charge is -2.40. The Balaban J connectivity index is 1.42. The van der Waals surface area contributed by atoms with E-state index in [2.05, 4.69) is 0 Å². The Morgan fingerprint density at radius 1 is 1.11 bits per heavy atom. The predicted octanol–water partition coefficient (Wildman–Crippen LogP) is 5.23. The average molecular weight is 475 g/mol. The summed E-state index contributed by atoms with van der Waals surface area (Å²) in [5.74, 6) is 0.694. The normalized spacial score (nSPS) is 19.5. The van der Waals surface area contributed by atoms with Crippen molar-refractivity contribution in [1.29, 1.82) is 0 Å². The van der Waals surface area contributed by atoms with E-state index in [1.54, 1.807) is 19.2 Å². The highest BCUT2D eigenvalue weighted by atomic mass is 19.1. The zero-order valence-electron chi connectivity index (χ0n) is 20.1. The van der Waals surface area contributed by atoms with Crippen LogP contribution in [0.15, 0.2) is 66.7 Å². The fraction of sp³-hybridized carbons (Fsp3) is 0.379. The molecule has 2 aliphatic rings. The average Bonchev–Trinajstić information content (AvgIpc) is 3.39. The zero-order chi connectivity index (χ0) is 24.3. The molecule has 1 atom stereocenters. The molecule has 0 bridgehead atoms. The maximum Gasteiger partial charge on any atom is 0.233 e. The summed E-state index contributed by atoms with van der Waals surface area (Å²) in [6.45, 7) is 1.85. The highest BCUT2D eigenvalue weighted by Gasteiger charge is 2.47. The smallest absolute Gasteiger partial charge is 0.233 e. The summed E-state index contributed by atoms with van der Waals surface area (Å²) in [6.07, 6.45) is 3.71. The molecule has 0 N–H and O–H groups in total. The molecular formula is C29H31FN2O3. The molecule has 0 radical (unpaired) electrons. The van der Waals surface area contributed by atoms with E-state index in [4.69, 9.17) is 14.5 Å². The SMILES string of the molecule is COc1ccc(C2(C(=O)N3CCC[C@H]3c3cccc(Cc4cccc(F)c4)n3)CCOCC2)cc1. The predicted molar refractivity (Wildman–Crippen MR) is 132 cm³/mol. The summed E-state index contributed by atoms with van der Waals surface area (Å²) in [4.78, 5) is 21.2. The summed E-state index contributed by atoms with van der Waals surface area (Å²) in [7, 11) is 1.65. The minimum atomic E-state index is -0.605. The molecule has 35 heavy (non-hydrogen) atoms. The lowest BCUT2D eigenvalue weighted by atomic mass is 9.72. The van der Waals surface area contributed by atoms with Crippen molar-refractivity contribution >= 4 is 5.91 Å². The molecule has 1 aromatic heterocycles. The van der Waals surface area contributed by atoms with Gasteiger partial charge in [-0.2, -0.15) is 0 Å². The number of hydrogen-bond donors (Lipinski definition) is 0. The molecule has 0 unspecified atom stereocenters. The quantitative estimate of drug-likeness (QED) is 0.491. The maximum absolute atomic E-state index is 14.2. The molecular weight excluding hydrogens is 443 g/mol. The number of carbonyl (C=O) groups is 1. The minimum absolute atomic E-state index is 0.0621. The molecule has 2 saturated heterocycles. The van der Waals surface area contributed by atoms with Crippen LogP contribution in [0.2, 0.25) is 0 Å². The van der Waals surface area contributed by atoms with Crippen LogP contribution in [-0.4, -0.2) is 42.7 Å². The minimum Gasteiger partial charge on any atom is -0.497 e. The van der Waals surface area contributed by atoms with Crippen molar-refractivity contribution in [2.45, 2.75) is 43.6 Å². The number of methoxy groups -OCH3 is 1. The number of benzene rings is 2. The number of hydrogen-bond acceptors (Lipinski definition) is 4. The monoisotopic (exact) mass is 474 g/mol. The first kappa shape index (κ1) is 23.5. The molecule has 0 spiro atoms. The van der Waals surface area contributed by atoms with Gasteiger partial charge in [0.1, 0.15) is 11.6 Å². The van der Waals surface area contributed by atoms with Crippen LogP contribution in [0.3, 0.4) is 0 Å². The van der Waals surface area contributed by atoms with Gasteiger partial charge >= 0.3 is 0 Å². The van der Waals surface area contributed by atoms with Crippen LogP contribution in [-0.2, 0) is 21.4 Å². The Bertz CT molecular complexity index is 1170. The second-order valence-corrected chi connectivity index (χ2v) is 9.44. The summed E-state index contributed by atoms with van der Waals surface area (Å²) in [6, 6.07) is 20.4. The van der Waals surface area contributed by atoms with Crippen LogP contribution in [0.1, 0.15) is 54.2 Å². The molecule has 5 rings (SSSR count). The van der Waals surface area contributed by atoms with Crippen molar-refractivity contribution in [2.24, 2.45) is 0 Å². The number of amides is 1. The Morgan fingerprint density at radius 3 is 2.63 bits per heavy atom. The van der Waals surface area contributed by atoms with Gasteiger partial charge in [-0.3, -0.25) is 9.78 Å². The zero-order valence-corrected chi connectivity index (χ0v) is 20.1. The van der Waals surface area contributed by atoms with Crippen LogP contribution in [0, 0.1) is 5.82 Å². The van der Waals surface area contributed by atoms with E-state index in [0.29, 0.717) is 32.5 Å². The molecule has 0 saturated carbocycles. The van der Waals surface area contributed by atoms with E-state index in [9.17, 15) is 9.18 Å². The molecule has 2 fully saturated rings. The highest BCUT2D eigenvalue weighted by molar-refractivity contribution is 5.89. The number of likely N-dealkylation sites (tertiary alicyclic amines) is 1. The van der Waals surface area contributed by atoms with Gasteiger partial charge in [-0.1, -0.05) is 30.3 Å². The number of rotatable bonds is 6. The fourth-order valence-electron chi connectivity index (χ4n) is 5.49. The van der Waals surface area contributed by atoms with Gasteiger partial charge in [0.05, 0.1) is 24.3 Å². The van der Waals surface area contributed by atoms with Gasteiger partial charge in [-0.05, 0) is 73.2 Å². The number of ether oxygens (including phenoxy) is 2. The van der Waals surface area contributed by atoms with Crippen molar-refractivity contribution in [2.75, 3.05) is 26.9 Å². The van der Waals surface area contributed by atoms with Gasteiger partial charge in [-0.25, -0.2) is 4.39 Å². The van der Waals surface area contributed by atoms with Gasteiger partial charge in [0.15, 0.2) is 0 Å². The Morgan fingerprint density at radius 2 is 1.89 bits per heavy atom. The third-order valence-electron chi connectivity index (χ3n) is 7.36. The van der Waals surface area contributed by atoms with E-state index in [-0.39, 0.29) is 17.8 Å². The molecule has 6 heteroatoms. The first-order chi connectivity index (χ1) is 17.1. The van der Waals surface area contributed by atoms with Crippen LogP contribution < -0.4 is 4.74 Å². The Labute approximate surface area is 205 Å². The topological polar surface area (TPSA) is 51.7 Å². The van der Waals surface area contributed by atoms with E-state index < -0.39 is 5.41 Å². The largest absolute Gasteiger partial charge is 0.497 e. The van der Waals surface area contributed by atoms with Gasteiger partial charge in [0.2, 0.25) is 5.91 Å². The van der Waals surface area contributed by atoms with Crippen molar-refractivity contribution in [3.8, 4) is 5.75 Å². The molecule has 182 valence electrons. The first-order valence-corrected chi connectivity index (χ1v) is 12.3. The number of pyridine rings is 1. The number of nitrogens with zero attached hydrogens (tertiary/aromatic N) is 2. The van der Waals surface area contributed by atoms with Crippen molar-refractivity contribution in [3.63, 3.8) is 0 Å². The van der Waals surface area contributed by atoms with Gasteiger partial charge in [0, 0.05) is 31.9 Å². The maximum atomic E-state index is 14.2. The second kappa shape index (κ2) is 10.2. The third kappa shape index (κ3) is 4.80.